The van der Waals surface area contributed by atoms with Gasteiger partial charge < -0.3 is 0 Å². The first-order chi connectivity index (χ1) is 8.72. The van der Waals surface area contributed by atoms with Gasteiger partial charge in [-0.15, -0.1) is 11.3 Å². The summed E-state index contributed by atoms with van der Waals surface area (Å²) in [5.41, 5.74) is 2.98. The Morgan fingerprint density at radius 1 is 1.17 bits per heavy atom. The van der Waals surface area contributed by atoms with E-state index in [1.165, 1.54) is 29.7 Å². The molecule has 0 N–H and O–H groups in total. The second-order valence-electron chi connectivity index (χ2n) is 4.75. The molecule has 1 atom stereocenters. The van der Waals surface area contributed by atoms with E-state index in [2.05, 4.69) is 62.2 Å². The smallest absolute Gasteiger partial charge is 0.0529 e. The molecule has 3 rings (SSSR count). The Labute approximate surface area is 129 Å². The average Bonchev–Trinajstić information content (AvgIpc) is 2.92. The van der Waals surface area contributed by atoms with Crippen molar-refractivity contribution in [1.29, 1.82) is 0 Å². The molecular formula is C15H14Br2S. The minimum Gasteiger partial charge on any atom is -0.144 e. The van der Waals surface area contributed by atoms with Crippen LogP contribution in [0.5, 0.6) is 0 Å². The third kappa shape index (κ3) is 2.73. The zero-order valence-corrected chi connectivity index (χ0v) is 13.9. The maximum Gasteiger partial charge on any atom is 0.0529 e. The molecule has 18 heavy (non-hydrogen) atoms. The summed E-state index contributed by atoms with van der Waals surface area (Å²) in [6, 6.07) is 11.0. The number of rotatable bonds is 3. The highest BCUT2D eigenvalue weighted by Crippen LogP contribution is 2.38. The molecule has 0 spiro atoms. The summed E-state index contributed by atoms with van der Waals surface area (Å²) in [5.74, 6) is 0. The Balaban J connectivity index is 1.74. The van der Waals surface area contributed by atoms with Crippen LogP contribution in [0.1, 0.15) is 32.1 Å². The number of alkyl halides is 1. The maximum atomic E-state index is 3.84. The van der Waals surface area contributed by atoms with E-state index in [1.807, 2.05) is 11.3 Å². The predicted octanol–water partition coefficient (Wildman–Crippen LogP) is 5.68. The fourth-order valence-corrected chi connectivity index (χ4v) is 4.72. The monoisotopic (exact) mass is 384 g/mol. The van der Waals surface area contributed by atoms with Crippen LogP contribution in [0.2, 0.25) is 0 Å². The molecule has 1 heterocycles. The zero-order chi connectivity index (χ0) is 12.5. The van der Waals surface area contributed by atoms with Crippen LogP contribution in [-0.2, 0) is 19.3 Å². The molecule has 0 bridgehead atoms. The van der Waals surface area contributed by atoms with Gasteiger partial charge >= 0.3 is 0 Å². The van der Waals surface area contributed by atoms with Crippen molar-refractivity contribution in [2.45, 2.75) is 30.5 Å². The number of aryl methyl sites for hydroxylation is 2. The van der Waals surface area contributed by atoms with Gasteiger partial charge in [0.15, 0.2) is 0 Å². The second kappa shape index (κ2) is 5.48. The topological polar surface area (TPSA) is 0 Å². The van der Waals surface area contributed by atoms with Crippen LogP contribution in [-0.4, -0.2) is 0 Å². The maximum absolute atomic E-state index is 3.84. The highest BCUT2D eigenvalue weighted by molar-refractivity contribution is 9.10. The lowest BCUT2D eigenvalue weighted by Gasteiger charge is -2.08. The molecule has 0 saturated heterocycles. The van der Waals surface area contributed by atoms with Crippen molar-refractivity contribution in [3.63, 3.8) is 0 Å². The fourth-order valence-electron chi connectivity index (χ4n) is 2.43. The van der Waals surface area contributed by atoms with Crippen molar-refractivity contribution in [3.8, 4) is 0 Å². The van der Waals surface area contributed by atoms with Crippen LogP contribution < -0.4 is 0 Å². The largest absolute Gasteiger partial charge is 0.144 e. The van der Waals surface area contributed by atoms with Crippen LogP contribution in [0.3, 0.4) is 0 Å². The van der Waals surface area contributed by atoms with E-state index in [-0.39, 0.29) is 0 Å². The van der Waals surface area contributed by atoms with Crippen molar-refractivity contribution in [2.75, 3.05) is 0 Å². The van der Waals surface area contributed by atoms with Crippen LogP contribution in [0, 0.1) is 0 Å². The van der Waals surface area contributed by atoms with E-state index in [0.29, 0.717) is 4.83 Å². The van der Waals surface area contributed by atoms with Gasteiger partial charge in [-0.25, -0.2) is 0 Å². The van der Waals surface area contributed by atoms with Gasteiger partial charge in [-0.3, -0.25) is 0 Å². The molecule has 3 heteroatoms. The fraction of sp³-hybridized carbons (Fsp3) is 0.333. The van der Waals surface area contributed by atoms with Gasteiger partial charge in [0.25, 0.3) is 0 Å². The Kier molecular flexibility index (Phi) is 3.92. The SMILES string of the molecule is Brc1ccc(CC(Br)c2cc3c(s2)CCC3)cc1. The minimum absolute atomic E-state index is 0.453. The number of benzene rings is 1. The summed E-state index contributed by atoms with van der Waals surface area (Å²) in [6.07, 6.45) is 4.98. The minimum atomic E-state index is 0.453. The van der Waals surface area contributed by atoms with Gasteiger partial charge in [-0.2, -0.15) is 0 Å². The normalized spacial score (nSPS) is 15.7. The van der Waals surface area contributed by atoms with Gasteiger partial charge in [-0.1, -0.05) is 44.0 Å². The van der Waals surface area contributed by atoms with Gasteiger partial charge in [0.05, 0.1) is 4.83 Å². The predicted molar refractivity (Wildman–Crippen MR) is 85.9 cm³/mol. The first-order valence-corrected chi connectivity index (χ1v) is 8.75. The Bertz CT molecular complexity index is 521. The molecule has 1 aromatic carbocycles. The van der Waals surface area contributed by atoms with Crippen LogP contribution >= 0.6 is 43.2 Å². The Morgan fingerprint density at radius 2 is 1.94 bits per heavy atom. The molecule has 0 amide bonds. The van der Waals surface area contributed by atoms with Crippen LogP contribution in [0.25, 0.3) is 0 Å². The summed E-state index contributed by atoms with van der Waals surface area (Å²) in [6.45, 7) is 0. The second-order valence-corrected chi connectivity index (χ2v) is 7.94. The number of halogens is 2. The van der Waals surface area contributed by atoms with E-state index in [0.717, 1.165) is 10.9 Å². The number of hydrogen-bond donors (Lipinski definition) is 0. The quantitative estimate of drug-likeness (QED) is 0.596. The van der Waals surface area contributed by atoms with E-state index in [4.69, 9.17) is 0 Å². The molecule has 1 aliphatic carbocycles. The van der Waals surface area contributed by atoms with Crippen molar-refractivity contribution in [2.24, 2.45) is 0 Å². The van der Waals surface area contributed by atoms with E-state index >= 15 is 0 Å². The van der Waals surface area contributed by atoms with Crippen molar-refractivity contribution < 1.29 is 0 Å². The standard InChI is InChI=1S/C15H14Br2S/c16-12-6-4-10(5-7-12)8-13(17)15-9-11-2-1-3-14(11)18-15/h4-7,9,13H,1-3,8H2. The van der Waals surface area contributed by atoms with Gasteiger partial charge in [-0.05, 0) is 55.0 Å². The third-order valence-electron chi connectivity index (χ3n) is 3.40. The molecule has 1 aliphatic rings. The van der Waals surface area contributed by atoms with Gasteiger partial charge in [0, 0.05) is 14.2 Å². The molecule has 0 aliphatic heterocycles. The van der Waals surface area contributed by atoms with E-state index < -0.39 is 0 Å². The van der Waals surface area contributed by atoms with Gasteiger partial charge in [0.2, 0.25) is 0 Å². The molecule has 0 radical (unpaired) electrons. The van der Waals surface area contributed by atoms with E-state index in [1.54, 1.807) is 10.4 Å². The lowest BCUT2D eigenvalue weighted by Crippen LogP contribution is -1.92. The summed E-state index contributed by atoms with van der Waals surface area (Å²) in [7, 11) is 0. The van der Waals surface area contributed by atoms with Crippen molar-refractivity contribution in [1.82, 2.24) is 0 Å². The molecule has 0 nitrogen and oxygen atoms in total. The van der Waals surface area contributed by atoms with E-state index in [9.17, 15) is 0 Å². The molecule has 94 valence electrons. The summed E-state index contributed by atoms with van der Waals surface area (Å²) in [4.78, 5) is 3.56. The number of hydrogen-bond acceptors (Lipinski definition) is 1. The molecule has 0 saturated carbocycles. The molecule has 1 aromatic heterocycles. The molecule has 0 fully saturated rings. The third-order valence-corrected chi connectivity index (χ3v) is 6.40. The van der Waals surface area contributed by atoms with Crippen LogP contribution in [0.15, 0.2) is 34.8 Å². The molecule has 1 unspecified atom stereocenters. The number of fused-ring (bicyclic) bond motifs is 1. The van der Waals surface area contributed by atoms with Crippen LogP contribution in [0.4, 0.5) is 0 Å². The average molecular weight is 386 g/mol. The zero-order valence-electron chi connectivity index (χ0n) is 9.96. The lowest BCUT2D eigenvalue weighted by atomic mass is 10.1. The molecular weight excluding hydrogens is 372 g/mol. The highest BCUT2D eigenvalue weighted by Gasteiger charge is 2.18. The van der Waals surface area contributed by atoms with Gasteiger partial charge in [0.1, 0.15) is 0 Å². The summed E-state index contributed by atoms with van der Waals surface area (Å²) >= 11 is 9.31. The lowest BCUT2D eigenvalue weighted by molar-refractivity contribution is 0.909. The Morgan fingerprint density at radius 3 is 2.67 bits per heavy atom. The first-order valence-electron chi connectivity index (χ1n) is 6.22. The highest BCUT2D eigenvalue weighted by atomic mass is 79.9. The summed E-state index contributed by atoms with van der Waals surface area (Å²) in [5, 5.41) is 0. The van der Waals surface area contributed by atoms with Crippen molar-refractivity contribution >= 4 is 43.2 Å². The Hall–Kier alpha value is -0.120. The number of thiophene rings is 1. The molecule has 2 aromatic rings. The summed E-state index contributed by atoms with van der Waals surface area (Å²) < 4.78 is 1.15. The van der Waals surface area contributed by atoms with Crippen molar-refractivity contribution in [3.05, 3.63) is 55.7 Å². The first kappa shape index (κ1) is 12.9.